The van der Waals surface area contributed by atoms with Crippen molar-refractivity contribution in [2.45, 2.75) is 31.0 Å². The van der Waals surface area contributed by atoms with E-state index in [0.29, 0.717) is 24.1 Å². The third kappa shape index (κ3) is 4.11. The highest BCUT2D eigenvalue weighted by Gasteiger charge is 2.24. The summed E-state index contributed by atoms with van der Waals surface area (Å²) in [5.41, 5.74) is 0.826. The fourth-order valence-electron chi connectivity index (χ4n) is 1.74. The highest BCUT2D eigenvalue weighted by Crippen LogP contribution is 2.28. The summed E-state index contributed by atoms with van der Waals surface area (Å²) in [6.45, 7) is 4.62. The Morgan fingerprint density at radius 3 is 2.50 bits per heavy atom. The zero-order valence-corrected chi connectivity index (χ0v) is 14.0. The molecule has 0 saturated heterocycles. The molecule has 6 heteroatoms. The molecule has 0 fully saturated rings. The van der Waals surface area contributed by atoms with Crippen LogP contribution in [-0.4, -0.2) is 33.4 Å². The molecular formula is C14H22ClNO3S. The van der Waals surface area contributed by atoms with Gasteiger partial charge in [0.2, 0.25) is 10.0 Å². The van der Waals surface area contributed by atoms with Crippen LogP contribution in [0.4, 0.5) is 0 Å². The van der Waals surface area contributed by atoms with Gasteiger partial charge in [-0.25, -0.2) is 12.7 Å². The van der Waals surface area contributed by atoms with Crippen LogP contribution in [0.25, 0.3) is 0 Å². The minimum absolute atomic E-state index is 0.181. The molecule has 0 atom stereocenters. The van der Waals surface area contributed by atoms with Gasteiger partial charge in [0.1, 0.15) is 10.6 Å². The maximum absolute atomic E-state index is 12.5. The molecule has 20 heavy (non-hydrogen) atoms. The number of nitrogens with zero attached hydrogens (tertiary/aromatic N) is 1. The third-order valence-electron chi connectivity index (χ3n) is 3.09. The second-order valence-corrected chi connectivity index (χ2v) is 7.41. The van der Waals surface area contributed by atoms with E-state index >= 15 is 0 Å². The second kappa shape index (κ2) is 7.29. The van der Waals surface area contributed by atoms with Crippen molar-refractivity contribution in [3.63, 3.8) is 0 Å². The van der Waals surface area contributed by atoms with Crippen LogP contribution in [0.1, 0.15) is 25.8 Å². The van der Waals surface area contributed by atoms with Crippen molar-refractivity contribution in [3.8, 4) is 5.75 Å². The van der Waals surface area contributed by atoms with Crippen molar-refractivity contribution in [2.75, 3.05) is 20.7 Å². The molecule has 0 N–H and O–H groups in total. The zero-order valence-electron chi connectivity index (χ0n) is 12.4. The molecule has 4 nitrogen and oxygen atoms in total. The fraction of sp³-hybridized carbons (Fsp3) is 0.571. The van der Waals surface area contributed by atoms with E-state index < -0.39 is 10.0 Å². The highest BCUT2D eigenvalue weighted by molar-refractivity contribution is 7.89. The van der Waals surface area contributed by atoms with E-state index in [1.807, 2.05) is 0 Å². The molecule has 0 amide bonds. The molecule has 114 valence electrons. The summed E-state index contributed by atoms with van der Waals surface area (Å²) >= 11 is 5.75. The molecule has 1 aromatic carbocycles. The van der Waals surface area contributed by atoms with Crippen LogP contribution in [0.15, 0.2) is 23.1 Å². The van der Waals surface area contributed by atoms with Gasteiger partial charge in [-0.15, -0.1) is 11.6 Å². The monoisotopic (exact) mass is 319 g/mol. The van der Waals surface area contributed by atoms with E-state index in [-0.39, 0.29) is 4.90 Å². The molecule has 1 aromatic rings. The van der Waals surface area contributed by atoms with Crippen molar-refractivity contribution in [1.29, 1.82) is 0 Å². The molecule has 0 saturated carbocycles. The predicted octanol–water partition coefficient (Wildman–Crippen LogP) is 3.10. The maximum atomic E-state index is 12.5. The van der Waals surface area contributed by atoms with Crippen LogP contribution in [0.2, 0.25) is 0 Å². The van der Waals surface area contributed by atoms with Crippen molar-refractivity contribution in [2.24, 2.45) is 5.92 Å². The Morgan fingerprint density at radius 1 is 1.35 bits per heavy atom. The van der Waals surface area contributed by atoms with Crippen LogP contribution >= 0.6 is 11.6 Å². The Kier molecular flexibility index (Phi) is 6.30. The average Bonchev–Trinajstić information content (AvgIpc) is 2.43. The molecule has 0 spiro atoms. The lowest BCUT2D eigenvalue weighted by Gasteiger charge is -2.20. The summed E-state index contributed by atoms with van der Waals surface area (Å²) < 4.78 is 31.6. The quantitative estimate of drug-likeness (QED) is 0.725. The first-order valence-corrected chi connectivity index (χ1v) is 8.49. The van der Waals surface area contributed by atoms with Gasteiger partial charge < -0.3 is 4.74 Å². The van der Waals surface area contributed by atoms with Crippen molar-refractivity contribution >= 4 is 21.6 Å². The Labute approximate surface area is 126 Å². The van der Waals surface area contributed by atoms with Crippen molar-refractivity contribution in [1.82, 2.24) is 4.31 Å². The van der Waals surface area contributed by atoms with Crippen molar-refractivity contribution < 1.29 is 13.2 Å². The summed E-state index contributed by atoms with van der Waals surface area (Å²) in [5.74, 6) is 1.10. The lowest BCUT2D eigenvalue weighted by molar-refractivity contribution is 0.394. The fourth-order valence-corrected chi connectivity index (χ4v) is 3.22. The number of hydrogen-bond donors (Lipinski definition) is 0. The van der Waals surface area contributed by atoms with Gasteiger partial charge in [0.05, 0.1) is 7.11 Å². The second-order valence-electron chi connectivity index (χ2n) is 5.13. The van der Waals surface area contributed by atoms with Gasteiger partial charge in [-0.1, -0.05) is 19.9 Å². The first-order valence-electron chi connectivity index (χ1n) is 6.52. The number of hydrogen-bond acceptors (Lipinski definition) is 3. The van der Waals surface area contributed by atoms with Gasteiger partial charge in [-0.05, 0) is 30.0 Å². The number of rotatable bonds is 7. The molecule has 0 unspecified atom stereocenters. The molecule has 0 heterocycles. The molecule has 0 aliphatic rings. The minimum Gasteiger partial charge on any atom is -0.495 e. The SMILES string of the molecule is COc1cc(CCl)ccc1S(=O)(=O)N(C)CCC(C)C. The van der Waals surface area contributed by atoms with E-state index in [0.717, 1.165) is 12.0 Å². The number of halogens is 1. The smallest absolute Gasteiger partial charge is 0.246 e. The van der Waals surface area contributed by atoms with Gasteiger partial charge in [-0.2, -0.15) is 0 Å². The Bertz CT molecular complexity index is 543. The van der Waals surface area contributed by atoms with Crippen molar-refractivity contribution in [3.05, 3.63) is 23.8 Å². The van der Waals surface area contributed by atoms with E-state index in [9.17, 15) is 8.42 Å². The number of methoxy groups -OCH3 is 1. The molecule has 0 aromatic heterocycles. The standard InChI is InChI=1S/C14H22ClNO3S/c1-11(2)7-8-16(3)20(17,18)14-6-5-12(10-15)9-13(14)19-4/h5-6,9,11H,7-8,10H2,1-4H3. The number of ether oxygens (including phenoxy) is 1. The van der Waals surface area contributed by atoms with E-state index in [4.69, 9.17) is 16.3 Å². The predicted molar refractivity (Wildman–Crippen MR) is 81.8 cm³/mol. The summed E-state index contributed by atoms with van der Waals surface area (Å²) in [4.78, 5) is 0.181. The van der Waals surface area contributed by atoms with E-state index in [1.165, 1.54) is 11.4 Å². The number of benzene rings is 1. The van der Waals surface area contributed by atoms with E-state index in [1.54, 1.807) is 25.2 Å². The third-order valence-corrected chi connectivity index (χ3v) is 5.30. The topological polar surface area (TPSA) is 46.6 Å². The summed E-state index contributed by atoms with van der Waals surface area (Å²) in [6.07, 6.45) is 0.817. The molecule has 0 bridgehead atoms. The average molecular weight is 320 g/mol. The van der Waals surface area contributed by atoms with E-state index in [2.05, 4.69) is 13.8 Å². The Morgan fingerprint density at radius 2 is 2.00 bits per heavy atom. The van der Waals surface area contributed by atoms with Crippen LogP contribution in [0.3, 0.4) is 0 Å². The van der Waals surface area contributed by atoms with Gasteiger partial charge in [0, 0.05) is 19.5 Å². The highest BCUT2D eigenvalue weighted by atomic mass is 35.5. The lowest BCUT2D eigenvalue weighted by atomic mass is 10.1. The lowest BCUT2D eigenvalue weighted by Crippen LogP contribution is -2.29. The minimum atomic E-state index is -3.54. The van der Waals surface area contributed by atoms with Crippen LogP contribution in [0.5, 0.6) is 5.75 Å². The van der Waals surface area contributed by atoms with Gasteiger partial charge in [0.25, 0.3) is 0 Å². The number of alkyl halides is 1. The number of sulfonamides is 1. The van der Waals surface area contributed by atoms with Crippen LogP contribution in [-0.2, 0) is 15.9 Å². The molecule has 1 rings (SSSR count). The first kappa shape index (κ1) is 17.3. The largest absolute Gasteiger partial charge is 0.495 e. The maximum Gasteiger partial charge on any atom is 0.246 e. The van der Waals surface area contributed by atoms with Gasteiger partial charge in [-0.3, -0.25) is 0 Å². The molecular weight excluding hydrogens is 298 g/mol. The summed E-state index contributed by atoms with van der Waals surface area (Å²) in [7, 11) is -0.488. The zero-order chi connectivity index (χ0) is 15.3. The van der Waals surface area contributed by atoms with Gasteiger partial charge in [0.15, 0.2) is 0 Å². The Hall–Kier alpha value is -0.780. The normalized spacial score (nSPS) is 12.2. The summed E-state index contributed by atoms with van der Waals surface area (Å²) in [6, 6.07) is 4.92. The Balaban J connectivity index is 3.08. The molecule has 0 aliphatic carbocycles. The first-order chi connectivity index (χ1) is 9.32. The summed E-state index contributed by atoms with van der Waals surface area (Å²) in [5, 5.41) is 0. The van der Waals surface area contributed by atoms with Crippen LogP contribution in [0, 0.1) is 5.92 Å². The van der Waals surface area contributed by atoms with Gasteiger partial charge >= 0.3 is 0 Å². The van der Waals surface area contributed by atoms with Crippen LogP contribution < -0.4 is 4.74 Å². The molecule has 0 aliphatic heterocycles. The molecule has 0 radical (unpaired) electrons.